The second-order valence-electron chi connectivity index (χ2n) is 5.75. The highest BCUT2D eigenvalue weighted by Gasteiger charge is 2.46. The molecule has 2 unspecified atom stereocenters. The maximum absolute atomic E-state index is 11.0. The zero-order valence-electron chi connectivity index (χ0n) is 11.3. The third-order valence-corrected chi connectivity index (χ3v) is 4.43. The lowest BCUT2D eigenvalue weighted by atomic mass is 9.77. The minimum atomic E-state index is -0.746. The molecule has 3 heterocycles. The van der Waals surface area contributed by atoms with Crippen LogP contribution in [0.2, 0.25) is 0 Å². The number of aliphatic hydroxyl groups is 1. The summed E-state index contributed by atoms with van der Waals surface area (Å²) >= 11 is 0. The van der Waals surface area contributed by atoms with E-state index in [1.165, 1.54) is 0 Å². The summed E-state index contributed by atoms with van der Waals surface area (Å²) in [6, 6.07) is 0.615. The molecule has 2 atom stereocenters. The Morgan fingerprint density at radius 3 is 2.44 bits per heavy atom. The smallest absolute Gasteiger partial charge is 0.0961 e. The van der Waals surface area contributed by atoms with E-state index in [0.29, 0.717) is 25.3 Å². The lowest BCUT2D eigenvalue weighted by molar-refractivity contribution is -0.138. The molecule has 0 radical (unpaired) electrons. The third-order valence-electron chi connectivity index (χ3n) is 4.43. The van der Waals surface area contributed by atoms with Crippen molar-refractivity contribution in [1.82, 2.24) is 14.7 Å². The van der Waals surface area contributed by atoms with E-state index >= 15 is 0 Å². The van der Waals surface area contributed by atoms with Crippen molar-refractivity contribution in [3.05, 3.63) is 17.5 Å². The van der Waals surface area contributed by atoms with Gasteiger partial charge in [-0.3, -0.25) is 9.58 Å². The largest absolute Gasteiger partial charge is 0.385 e. The Morgan fingerprint density at radius 2 is 1.94 bits per heavy atom. The quantitative estimate of drug-likeness (QED) is 0.785. The SMILES string of the molecule is Cc1nn(C)cc1C1(O)CC2COCC(C1)N2C. The summed E-state index contributed by atoms with van der Waals surface area (Å²) in [4.78, 5) is 2.35. The van der Waals surface area contributed by atoms with Crippen molar-refractivity contribution in [2.24, 2.45) is 7.05 Å². The Bertz CT molecular complexity index is 443. The van der Waals surface area contributed by atoms with Crippen molar-refractivity contribution >= 4 is 0 Å². The second-order valence-corrected chi connectivity index (χ2v) is 5.75. The first-order chi connectivity index (χ1) is 8.49. The molecule has 2 fully saturated rings. The lowest BCUT2D eigenvalue weighted by Gasteiger charge is -2.50. The Morgan fingerprint density at radius 1 is 1.33 bits per heavy atom. The molecule has 2 saturated heterocycles. The predicted molar refractivity (Wildman–Crippen MR) is 67.2 cm³/mol. The van der Waals surface area contributed by atoms with E-state index in [2.05, 4.69) is 17.0 Å². The molecular weight excluding hydrogens is 230 g/mol. The molecule has 1 aromatic heterocycles. The van der Waals surface area contributed by atoms with E-state index < -0.39 is 5.60 Å². The van der Waals surface area contributed by atoms with E-state index in [1.54, 1.807) is 4.68 Å². The molecule has 0 aliphatic carbocycles. The molecule has 0 aromatic carbocycles. The summed E-state index contributed by atoms with van der Waals surface area (Å²) in [6.45, 7) is 3.40. The van der Waals surface area contributed by atoms with Crippen molar-refractivity contribution in [3.8, 4) is 0 Å². The van der Waals surface area contributed by atoms with Gasteiger partial charge in [0.2, 0.25) is 0 Å². The fourth-order valence-corrected chi connectivity index (χ4v) is 3.42. The minimum Gasteiger partial charge on any atom is -0.385 e. The van der Waals surface area contributed by atoms with Crippen LogP contribution in [0.4, 0.5) is 0 Å². The molecule has 2 bridgehead atoms. The summed E-state index contributed by atoms with van der Waals surface area (Å²) in [5.74, 6) is 0. The van der Waals surface area contributed by atoms with Crippen LogP contribution in [-0.4, -0.2) is 52.1 Å². The average Bonchev–Trinajstić information content (AvgIpc) is 2.61. The van der Waals surface area contributed by atoms with Crippen molar-refractivity contribution in [1.29, 1.82) is 0 Å². The summed E-state index contributed by atoms with van der Waals surface area (Å²) in [6.07, 6.45) is 3.41. The van der Waals surface area contributed by atoms with Gasteiger partial charge >= 0.3 is 0 Å². The predicted octanol–water partition coefficient (Wildman–Crippen LogP) is 0.409. The molecule has 0 spiro atoms. The van der Waals surface area contributed by atoms with Gasteiger partial charge in [0, 0.05) is 30.9 Å². The fourth-order valence-electron chi connectivity index (χ4n) is 3.42. The van der Waals surface area contributed by atoms with E-state index in [-0.39, 0.29) is 0 Å². The number of rotatable bonds is 1. The maximum Gasteiger partial charge on any atom is 0.0961 e. The van der Waals surface area contributed by atoms with Crippen molar-refractivity contribution in [3.63, 3.8) is 0 Å². The van der Waals surface area contributed by atoms with Crippen molar-refractivity contribution < 1.29 is 9.84 Å². The highest BCUT2D eigenvalue weighted by Crippen LogP contribution is 2.41. The number of fused-ring (bicyclic) bond motifs is 2. The van der Waals surface area contributed by atoms with Crippen LogP contribution in [0, 0.1) is 6.92 Å². The Balaban J connectivity index is 1.94. The first-order valence-corrected chi connectivity index (χ1v) is 6.52. The minimum absolute atomic E-state index is 0.308. The Labute approximate surface area is 107 Å². The van der Waals surface area contributed by atoms with Crippen molar-refractivity contribution in [2.45, 2.75) is 37.5 Å². The number of hydrogen-bond acceptors (Lipinski definition) is 4. The Hall–Kier alpha value is -0.910. The van der Waals surface area contributed by atoms with Gasteiger partial charge in [-0.2, -0.15) is 5.10 Å². The summed E-state index contributed by atoms with van der Waals surface area (Å²) < 4.78 is 7.38. The molecule has 5 nitrogen and oxygen atoms in total. The Kier molecular flexibility index (Phi) is 2.73. The molecule has 18 heavy (non-hydrogen) atoms. The highest BCUT2D eigenvalue weighted by atomic mass is 16.5. The van der Waals surface area contributed by atoms with Gasteiger partial charge in [0.25, 0.3) is 0 Å². The third kappa shape index (κ3) is 1.77. The zero-order valence-corrected chi connectivity index (χ0v) is 11.3. The molecule has 5 heteroatoms. The first-order valence-electron chi connectivity index (χ1n) is 6.52. The standard InChI is InChI=1S/C13H21N3O2/c1-9-12(6-15(2)14-9)13(17)4-10-7-18-8-11(5-13)16(10)3/h6,10-11,17H,4-5,7-8H2,1-3H3. The molecular formula is C13H21N3O2. The van der Waals surface area contributed by atoms with E-state index in [1.807, 2.05) is 20.2 Å². The number of aromatic nitrogens is 2. The molecule has 2 aliphatic rings. The summed E-state index contributed by atoms with van der Waals surface area (Å²) in [7, 11) is 4.03. The summed E-state index contributed by atoms with van der Waals surface area (Å²) in [5.41, 5.74) is 1.17. The number of morpholine rings is 1. The van der Waals surface area contributed by atoms with Gasteiger partial charge in [0.1, 0.15) is 0 Å². The van der Waals surface area contributed by atoms with Crippen LogP contribution < -0.4 is 0 Å². The highest BCUT2D eigenvalue weighted by molar-refractivity contribution is 5.26. The molecule has 0 saturated carbocycles. The second kappa shape index (κ2) is 4.05. The number of hydrogen-bond donors (Lipinski definition) is 1. The summed E-state index contributed by atoms with van der Waals surface area (Å²) in [5, 5.41) is 15.4. The molecule has 0 amide bonds. The number of aryl methyl sites for hydroxylation is 2. The average molecular weight is 251 g/mol. The van der Waals surface area contributed by atoms with Gasteiger partial charge in [-0.25, -0.2) is 0 Å². The maximum atomic E-state index is 11.0. The monoisotopic (exact) mass is 251 g/mol. The van der Waals surface area contributed by atoms with Gasteiger partial charge in [0.15, 0.2) is 0 Å². The number of piperidine rings is 1. The van der Waals surface area contributed by atoms with Crippen LogP contribution in [0.25, 0.3) is 0 Å². The number of ether oxygens (including phenoxy) is 1. The lowest BCUT2D eigenvalue weighted by Crippen LogP contribution is -2.59. The normalized spacial score (nSPS) is 36.9. The molecule has 2 aliphatic heterocycles. The van der Waals surface area contributed by atoms with Gasteiger partial charge in [-0.05, 0) is 26.8 Å². The van der Waals surface area contributed by atoms with Crippen LogP contribution in [0.15, 0.2) is 6.20 Å². The molecule has 1 aromatic rings. The van der Waals surface area contributed by atoms with Gasteiger partial charge < -0.3 is 9.84 Å². The van der Waals surface area contributed by atoms with Gasteiger partial charge in [0.05, 0.1) is 24.5 Å². The van der Waals surface area contributed by atoms with Crippen LogP contribution in [0.3, 0.4) is 0 Å². The van der Waals surface area contributed by atoms with E-state index in [4.69, 9.17) is 4.74 Å². The van der Waals surface area contributed by atoms with Crippen molar-refractivity contribution in [2.75, 3.05) is 20.3 Å². The zero-order chi connectivity index (χ0) is 12.9. The molecule has 100 valence electrons. The van der Waals surface area contributed by atoms with Crippen LogP contribution in [-0.2, 0) is 17.4 Å². The number of likely N-dealkylation sites (N-methyl/N-ethyl adjacent to an activating group) is 1. The molecule has 3 rings (SSSR count). The fraction of sp³-hybridized carbons (Fsp3) is 0.769. The molecule has 1 N–H and O–H groups in total. The van der Waals surface area contributed by atoms with Gasteiger partial charge in [-0.1, -0.05) is 0 Å². The first kappa shape index (κ1) is 12.1. The van der Waals surface area contributed by atoms with Crippen LogP contribution in [0.1, 0.15) is 24.1 Å². The topological polar surface area (TPSA) is 50.5 Å². The van der Waals surface area contributed by atoms with E-state index in [9.17, 15) is 5.11 Å². The number of nitrogens with zero attached hydrogens (tertiary/aromatic N) is 3. The van der Waals surface area contributed by atoms with Crippen LogP contribution >= 0.6 is 0 Å². The van der Waals surface area contributed by atoms with Crippen LogP contribution in [0.5, 0.6) is 0 Å². The van der Waals surface area contributed by atoms with E-state index in [0.717, 1.165) is 24.1 Å². The van der Waals surface area contributed by atoms with Gasteiger partial charge in [-0.15, -0.1) is 0 Å².